The number of allylic oxidation sites excluding steroid dienone is 2. The second-order valence-corrected chi connectivity index (χ2v) is 10.3. The Bertz CT molecular complexity index is 1270. The summed E-state index contributed by atoms with van der Waals surface area (Å²) in [6.07, 6.45) is 8.72. The highest BCUT2D eigenvalue weighted by molar-refractivity contribution is 5.95. The Balaban J connectivity index is 1.50. The molecule has 0 saturated carbocycles. The highest BCUT2D eigenvalue weighted by Crippen LogP contribution is 2.22. The molecule has 0 radical (unpaired) electrons. The van der Waals surface area contributed by atoms with Gasteiger partial charge >= 0.3 is 5.97 Å². The summed E-state index contributed by atoms with van der Waals surface area (Å²) >= 11 is 0. The van der Waals surface area contributed by atoms with Crippen molar-refractivity contribution in [3.05, 3.63) is 89.0 Å². The topological polar surface area (TPSA) is 104 Å². The van der Waals surface area contributed by atoms with E-state index < -0.39 is 5.97 Å². The lowest BCUT2D eigenvalue weighted by Crippen LogP contribution is -2.28. The maximum atomic E-state index is 12.8. The van der Waals surface area contributed by atoms with Gasteiger partial charge in [0.2, 0.25) is 0 Å². The van der Waals surface area contributed by atoms with Crippen LogP contribution in [0.1, 0.15) is 62.0 Å². The molecule has 220 valence electrons. The molecule has 0 spiro atoms. The van der Waals surface area contributed by atoms with Crippen molar-refractivity contribution in [1.82, 2.24) is 15.2 Å². The number of hydrogen-bond donors (Lipinski definition) is 2. The monoisotopic (exact) mass is 562 g/mol. The molecule has 1 amide bonds. The number of carbonyl (C=O) groups excluding carboxylic acids is 1. The minimum absolute atomic E-state index is 0.151. The first kappa shape index (κ1) is 31.3. The number of hydrogen-bond acceptors (Lipinski definition) is 7. The summed E-state index contributed by atoms with van der Waals surface area (Å²) in [6.45, 7) is 10.8. The number of benzene rings is 1. The molecular formula is C32H42N4O5. The fraction of sp³-hybridized carbons (Fsp3) is 0.406. The summed E-state index contributed by atoms with van der Waals surface area (Å²) in [5.41, 5.74) is 2.59. The third kappa shape index (κ3) is 9.70. The Morgan fingerprint density at radius 1 is 1.27 bits per heavy atom. The molecule has 0 aliphatic carbocycles. The third-order valence-corrected chi connectivity index (χ3v) is 6.65. The normalized spacial score (nSPS) is 14.3. The van der Waals surface area contributed by atoms with E-state index in [0.29, 0.717) is 31.2 Å². The van der Waals surface area contributed by atoms with Crippen molar-refractivity contribution in [3.8, 4) is 0 Å². The number of carboxylic acid groups (broad SMARTS) is 1. The number of carboxylic acids is 1. The van der Waals surface area contributed by atoms with Crippen LogP contribution < -0.4 is 10.2 Å². The van der Waals surface area contributed by atoms with E-state index in [-0.39, 0.29) is 17.4 Å². The molecule has 1 aliphatic rings. The van der Waals surface area contributed by atoms with E-state index in [0.717, 1.165) is 48.6 Å². The van der Waals surface area contributed by atoms with Gasteiger partial charge in [0, 0.05) is 50.2 Å². The van der Waals surface area contributed by atoms with Gasteiger partial charge in [-0.25, -0.2) is 9.78 Å². The lowest BCUT2D eigenvalue weighted by atomic mass is 10.1. The summed E-state index contributed by atoms with van der Waals surface area (Å²) in [5.74, 6) is 1.40. The summed E-state index contributed by atoms with van der Waals surface area (Å²) in [5, 5.41) is 12.1. The molecule has 2 heterocycles. The molecule has 1 unspecified atom stereocenters. The van der Waals surface area contributed by atoms with E-state index >= 15 is 0 Å². The molecule has 9 nitrogen and oxygen atoms in total. The molecule has 3 rings (SSSR count). The highest BCUT2D eigenvalue weighted by Gasteiger charge is 2.15. The van der Waals surface area contributed by atoms with Gasteiger partial charge in [-0.1, -0.05) is 38.1 Å². The Hall–Kier alpha value is -4.27. The van der Waals surface area contributed by atoms with E-state index in [4.69, 9.17) is 14.6 Å². The van der Waals surface area contributed by atoms with E-state index in [1.807, 2.05) is 54.7 Å². The number of ether oxygens (including phenoxy) is 2. The maximum absolute atomic E-state index is 12.8. The fourth-order valence-electron chi connectivity index (χ4n) is 4.28. The first-order chi connectivity index (χ1) is 19.7. The number of nitrogens with zero attached hydrogens (tertiary/aromatic N) is 3. The van der Waals surface area contributed by atoms with Crippen LogP contribution in [0.4, 0.5) is 5.82 Å². The van der Waals surface area contributed by atoms with Crippen LogP contribution in [0.5, 0.6) is 0 Å². The van der Waals surface area contributed by atoms with Crippen LogP contribution in [0, 0.1) is 5.92 Å². The number of rotatable bonds is 15. The SMILES string of the molecule is C/C=C(\C=C(/C)OCC(C)CCN(CCC)c1ccc(CNC(=O)c2cccc(C3=CN(C)CO3)c2)cn1)C(=O)O. The third-order valence-electron chi connectivity index (χ3n) is 6.65. The summed E-state index contributed by atoms with van der Waals surface area (Å²) < 4.78 is 11.4. The van der Waals surface area contributed by atoms with Crippen LogP contribution in [-0.2, 0) is 20.8 Å². The summed E-state index contributed by atoms with van der Waals surface area (Å²) in [4.78, 5) is 32.9. The average Bonchev–Trinajstić information content (AvgIpc) is 3.42. The van der Waals surface area contributed by atoms with Gasteiger partial charge in [0.1, 0.15) is 11.6 Å². The van der Waals surface area contributed by atoms with Crippen LogP contribution in [0.2, 0.25) is 0 Å². The van der Waals surface area contributed by atoms with Crippen LogP contribution in [0.25, 0.3) is 5.76 Å². The average molecular weight is 563 g/mol. The Labute approximate surface area is 243 Å². The van der Waals surface area contributed by atoms with Gasteiger partial charge in [-0.05, 0) is 62.4 Å². The molecule has 1 atom stereocenters. The van der Waals surface area contributed by atoms with Crippen LogP contribution in [0.15, 0.2) is 72.3 Å². The smallest absolute Gasteiger partial charge is 0.335 e. The van der Waals surface area contributed by atoms with Crippen molar-refractivity contribution in [3.63, 3.8) is 0 Å². The zero-order valence-corrected chi connectivity index (χ0v) is 24.7. The number of aromatic nitrogens is 1. The van der Waals surface area contributed by atoms with Gasteiger partial charge < -0.3 is 29.7 Å². The Morgan fingerprint density at radius 2 is 2.07 bits per heavy atom. The molecule has 9 heteroatoms. The Kier molecular flexibility index (Phi) is 11.8. The number of anilines is 1. The number of carbonyl (C=O) groups is 2. The Morgan fingerprint density at radius 3 is 2.71 bits per heavy atom. The molecule has 1 aliphatic heterocycles. The van der Waals surface area contributed by atoms with Crippen LogP contribution >= 0.6 is 0 Å². The quantitative estimate of drug-likeness (QED) is 0.168. The standard InChI is InChI=1S/C32H42N4O5/c1-6-14-36(15-13-23(3)21-40-24(4)16-26(7-2)32(38)39)30-12-11-25(18-33-30)19-34-31(37)28-10-8-9-27(17-28)29-20-35(5)22-41-29/h7-12,16-18,20,23H,6,13-15,19,21-22H2,1-5H3,(H,34,37)(H,38,39)/b24-16+,26-7+. The first-order valence-electron chi connectivity index (χ1n) is 14.0. The lowest BCUT2D eigenvalue weighted by molar-refractivity contribution is -0.132. The second-order valence-electron chi connectivity index (χ2n) is 10.3. The molecule has 1 aromatic heterocycles. The van der Waals surface area contributed by atoms with Crippen molar-refractivity contribution in [2.75, 3.05) is 38.4 Å². The number of nitrogens with one attached hydrogen (secondary N) is 1. The summed E-state index contributed by atoms with van der Waals surface area (Å²) in [7, 11) is 1.94. The number of aliphatic carboxylic acids is 1. The van der Waals surface area contributed by atoms with Gasteiger partial charge in [0.05, 0.1) is 17.9 Å². The van der Waals surface area contributed by atoms with Crippen molar-refractivity contribution in [2.45, 2.75) is 47.1 Å². The van der Waals surface area contributed by atoms with E-state index in [1.165, 1.54) is 0 Å². The van der Waals surface area contributed by atoms with Crippen molar-refractivity contribution in [1.29, 1.82) is 0 Å². The van der Waals surface area contributed by atoms with Gasteiger partial charge in [0.25, 0.3) is 5.91 Å². The molecule has 2 aromatic rings. The zero-order valence-electron chi connectivity index (χ0n) is 24.7. The van der Waals surface area contributed by atoms with Gasteiger partial charge in [-0.3, -0.25) is 4.79 Å². The predicted molar refractivity (Wildman–Crippen MR) is 161 cm³/mol. The van der Waals surface area contributed by atoms with Crippen molar-refractivity contribution >= 4 is 23.5 Å². The van der Waals surface area contributed by atoms with E-state index in [9.17, 15) is 9.59 Å². The minimum Gasteiger partial charge on any atom is -0.498 e. The van der Waals surface area contributed by atoms with Crippen LogP contribution in [0.3, 0.4) is 0 Å². The molecule has 0 saturated heterocycles. The highest BCUT2D eigenvalue weighted by atomic mass is 16.5. The predicted octanol–water partition coefficient (Wildman–Crippen LogP) is 5.42. The van der Waals surface area contributed by atoms with Crippen molar-refractivity contribution in [2.24, 2.45) is 5.92 Å². The molecule has 0 fully saturated rings. The number of amides is 1. The van der Waals surface area contributed by atoms with Gasteiger partial charge in [-0.15, -0.1) is 0 Å². The maximum Gasteiger partial charge on any atom is 0.335 e. The summed E-state index contributed by atoms with van der Waals surface area (Å²) in [6, 6.07) is 11.4. The molecule has 1 aromatic carbocycles. The molecule has 2 N–H and O–H groups in total. The fourth-order valence-corrected chi connectivity index (χ4v) is 4.28. The molecule has 41 heavy (non-hydrogen) atoms. The second kappa shape index (κ2) is 15.5. The van der Waals surface area contributed by atoms with E-state index in [1.54, 1.807) is 32.1 Å². The van der Waals surface area contributed by atoms with Crippen LogP contribution in [-0.4, -0.2) is 60.3 Å². The van der Waals surface area contributed by atoms with Gasteiger partial charge in [0.15, 0.2) is 6.73 Å². The largest absolute Gasteiger partial charge is 0.498 e. The first-order valence-corrected chi connectivity index (χ1v) is 14.0. The molecular weight excluding hydrogens is 520 g/mol. The molecule has 0 bridgehead atoms. The number of pyridine rings is 1. The van der Waals surface area contributed by atoms with E-state index in [2.05, 4.69) is 29.0 Å². The lowest BCUT2D eigenvalue weighted by Gasteiger charge is -2.25. The minimum atomic E-state index is -0.967. The van der Waals surface area contributed by atoms with Gasteiger partial charge in [-0.2, -0.15) is 0 Å². The zero-order chi connectivity index (χ0) is 29.8. The van der Waals surface area contributed by atoms with Crippen molar-refractivity contribution < 1.29 is 24.2 Å².